The van der Waals surface area contributed by atoms with Crippen LogP contribution in [0.5, 0.6) is 0 Å². The molecule has 1 saturated heterocycles. The molecule has 0 unspecified atom stereocenters. The highest BCUT2D eigenvalue weighted by Gasteiger charge is 2.30. The zero-order chi connectivity index (χ0) is 13.9. The maximum atomic E-state index is 12.5. The quantitative estimate of drug-likeness (QED) is 0.850. The van der Waals surface area contributed by atoms with Crippen molar-refractivity contribution in [3.05, 3.63) is 48.0 Å². The molecule has 2 rings (SSSR count). The second-order valence-corrected chi connectivity index (χ2v) is 4.59. The first-order chi connectivity index (χ1) is 9.02. The van der Waals surface area contributed by atoms with Gasteiger partial charge in [0, 0.05) is 26.2 Å². The van der Waals surface area contributed by atoms with Gasteiger partial charge >= 0.3 is 6.18 Å². The number of halogens is 3. The molecule has 1 aromatic rings. The highest BCUT2D eigenvalue weighted by Crippen LogP contribution is 2.31. The zero-order valence-electron chi connectivity index (χ0n) is 10.6. The number of nitrogens with zero attached hydrogens (tertiary/aromatic N) is 1. The SMILES string of the molecule is C=C[C@@H](c1ccc(C(F)(F)F)cc1)N1CCNCC1. The molecule has 0 radical (unpaired) electrons. The fourth-order valence-electron chi connectivity index (χ4n) is 2.33. The summed E-state index contributed by atoms with van der Waals surface area (Å²) in [5.41, 5.74) is 0.240. The van der Waals surface area contributed by atoms with Crippen molar-refractivity contribution in [3.63, 3.8) is 0 Å². The molecule has 1 fully saturated rings. The van der Waals surface area contributed by atoms with Gasteiger partial charge in [-0.15, -0.1) is 6.58 Å². The van der Waals surface area contributed by atoms with Gasteiger partial charge in [0.1, 0.15) is 0 Å². The third kappa shape index (κ3) is 3.36. The summed E-state index contributed by atoms with van der Waals surface area (Å²) in [6.45, 7) is 7.33. The Morgan fingerprint density at radius 2 is 1.74 bits per heavy atom. The van der Waals surface area contributed by atoms with Crippen LogP contribution in [-0.2, 0) is 6.18 Å². The summed E-state index contributed by atoms with van der Waals surface area (Å²) in [5, 5.41) is 3.25. The van der Waals surface area contributed by atoms with Crippen molar-refractivity contribution >= 4 is 0 Å². The van der Waals surface area contributed by atoms with Crippen LogP contribution in [0, 0.1) is 0 Å². The minimum absolute atomic E-state index is 0.0237. The third-order valence-corrected chi connectivity index (χ3v) is 3.35. The molecule has 1 aliphatic rings. The van der Waals surface area contributed by atoms with Gasteiger partial charge in [-0.1, -0.05) is 18.2 Å². The summed E-state index contributed by atoms with van der Waals surface area (Å²) in [6, 6.07) is 5.32. The van der Waals surface area contributed by atoms with E-state index in [1.165, 1.54) is 12.1 Å². The van der Waals surface area contributed by atoms with Crippen LogP contribution in [0.3, 0.4) is 0 Å². The standard InChI is InChI=1S/C14H17F3N2/c1-2-13(19-9-7-18-8-10-19)11-3-5-12(6-4-11)14(15,16)17/h2-6,13,18H,1,7-10H2/t13-/m0/s1. The van der Waals surface area contributed by atoms with E-state index in [4.69, 9.17) is 0 Å². The Bertz CT molecular complexity index is 419. The maximum absolute atomic E-state index is 12.5. The van der Waals surface area contributed by atoms with E-state index in [-0.39, 0.29) is 6.04 Å². The van der Waals surface area contributed by atoms with E-state index in [1.807, 2.05) is 0 Å². The fourth-order valence-corrected chi connectivity index (χ4v) is 2.33. The summed E-state index contributed by atoms with van der Waals surface area (Å²) in [6.07, 6.45) is -2.49. The number of alkyl halides is 3. The van der Waals surface area contributed by atoms with Crippen molar-refractivity contribution in [2.75, 3.05) is 26.2 Å². The Hall–Kier alpha value is -1.33. The topological polar surface area (TPSA) is 15.3 Å². The van der Waals surface area contributed by atoms with E-state index in [9.17, 15) is 13.2 Å². The van der Waals surface area contributed by atoms with Crippen molar-refractivity contribution in [1.29, 1.82) is 0 Å². The minimum atomic E-state index is -4.28. The highest BCUT2D eigenvalue weighted by atomic mass is 19.4. The molecular weight excluding hydrogens is 253 g/mol. The first kappa shape index (κ1) is 14.1. The summed E-state index contributed by atoms with van der Waals surface area (Å²) < 4.78 is 37.6. The number of rotatable bonds is 3. The Morgan fingerprint density at radius 3 is 2.21 bits per heavy atom. The molecule has 0 aromatic heterocycles. The van der Waals surface area contributed by atoms with Crippen LogP contribution < -0.4 is 5.32 Å². The Kier molecular flexibility index (Phi) is 4.27. The van der Waals surface area contributed by atoms with E-state index in [0.717, 1.165) is 43.9 Å². The van der Waals surface area contributed by atoms with Gasteiger partial charge in [-0.2, -0.15) is 13.2 Å². The molecule has 5 heteroatoms. The smallest absolute Gasteiger partial charge is 0.314 e. The van der Waals surface area contributed by atoms with Crippen LogP contribution in [0.25, 0.3) is 0 Å². The van der Waals surface area contributed by atoms with Crippen molar-refractivity contribution in [2.24, 2.45) is 0 Å². The Labute approximate surface area is 110 Å². The molecule has 1 aliphatic heterocycles. The molecule has 0 amide bonds. The molecule has 19 heavy (non-hydrogen) atoms. The molecule has 104 valence electrons. The molecule has 0 bridgehead atoms. The van der Waals surface area contributed by atoms with E-state index in [1.54, 1.807) is 6.08 Å². The lowest BCUT2D eigenvalue weighted by Gasteiger charge is -2.33. The first-order valence-electron chi connectivity index (χ1n) is 6.27. The summed E-state index contributed by atoms with van der Waals surface area (Å²) in [7, 11) is 0. The van der Waals surface area contributed by atoms with Crippen molar-refractivity contribution in [3.8, 4) is 0 Å². The van der Waals surface area contributed by atoms with Crippen LogP contribution in [0.1, 0.15) is 17.2 Å². The van der Waals surface area contributed by atoms with Gasteiger partial charge in [-0.3, -0.25) is 4.90 Å². The van der Waals surface area contributed by atoms with E-state index < -0.39 is 11.7 Å². The average molecular weight is 270 g/mol. The number of hydrogen-bond donors (Lipinski definition) is 1. The molecule has 0 saturated carbocycles. The van der Waals surface area contributed by atoms with Gasteiger partial charge in [0.2, 0.25) is 0 Å². The second kappa shape index (κ2) is 5.75. The monoisotopic (exact) mass is 270 g/mol. The second-order valence-electron chi connectivity index (χ2n) is 4.59. The molecule has 2 nitrogen and oxygen atoms in total. The van der Waals surface area contributed by atoms with Crippen molar-refractivity contribution < 1.29 is 13.2 Å². The first-order valence-corrected chi connectivity index (χ1v) is 6.27. The van der Waals surface area contributed by atoms with Crippen molar-refractivity contribution in [1.82, 2.24) is 10.2 Å². The van der Waals surface area contributed by atoms with Crippen LogP contribution in [0.15, 0.2) is 36.9 Å². The van der Waals surface area contributed by atoms with Gasteiger partial charge in [0.15, 0.2) is 0 Å². The largest absolute Gasteiger partial charge is 0.416 e. The van der Waals surface area contributed by atoms with E-state index >= 15 is 0 Å². The van der Waals surface area contributed by atoms with Gasteiger partial charge in [0.25, 0.3) is 0 Å². The summed E-state index contributed by atoms with van der Waals surface area (Å²) in [5.74, 6) is 0. The lowest BCUT2D eigenvalue weighted by Crippen LogP contribution is -2.44. The summed E-state index contributed by atoms with van der Waals surface area (Å²) in [4.78, 5) is 2.21. The molecule has 0 aliphatic carbocycles. The van der Waals surface area contributed by atoms with E-state index in [0.29, 0.717) is 0 Å². The van der Waals surface area contributed by atoms with Gasteiger partial charge in [-0.25, -0.2) is 0 Å². The average Bonchev–Trinajstić information content (AvgIpc) is 2.40. The molecule has 1 atom stereocenters. The van der Waals surface area contributed by atoms with Gasteiger partial charge in [-0.05, 0) is 17.7 Å². The zero-order valence-corrected chi connectivity index (χ0v) is 10.6. The molecular formula is C14H17F3N2. The maximum Gasteiger partial charge on any atom is 0.416 e. The lowest BCUT2D eigenvalue weighted by atomic mass is 10.0. The van der Waals surface area contributed by atoms with Crippen molar-refractivity contribution in [2.45, 2.75) is 12.2 Å². The van der Waals surface area contributed by atoms with Crippen LogP contribution in [0.2, 0.25) is 0 Å². The molecule has 1 aromatic carbocycles. The fraction of sp³-hybridized carbons (Fsp3) is 0.429. The Balaban J connectivity index is 2.16. The van der Waals surface area contributed by atoms with Gasteiger partial charge < -0.3 is 5.32 Å². The predicted octanol–water partition coefficient (Wildman–Crippen LogP) is 2.84. The van der Waals surface area contributed by atoms with E-state index in [2.05, 4.69) is 16.8 Å². The Morgan fingerprint density at radius 1 is 1.16 bits per heavy atom. The predicted molar refractivity (Wildman–Crippen MR) is 68.8 cm³/mol. The highest BCUT2D eigenvalue weighted by molar-refractivity contribution is 5.29. The minimum Gasteiger partial charge on any atom is -0.314 e. The van der Waals surface area contributed by atoms with Crippen LogP contribution >= 0.6 is 0 Å². The normalized spacial score (nSPS) is 19.1. The molecule has 1 N–H and O–H groups in total. The third-order valence-electron chi connectivity index (χ3n) is 3.35. The number of nitrogens with one attached hydrogen (secondary N) is 1. The number of hydrogen-bond acceptors (Lipinski definition) is 2. The molecule has 1 heterocycles. The number of piperazine rings is 1. The van der Waals surface area contributed by atoms with Crippen LogP contribution in [0.4, 0.5) is 13.2 Å². The lowest BCUT2D eigenvalue weighted by molar-refractivity contribution is -0.137. The van der Waals surface area contributed by atoms with Crippen LogP contribution in [-0.4, -0.2) is 31.1 Å². The molecule has 0 spiro atoms. The number of benzene rings is 1. The van der Waals surface area contributed by atoms with Gasteiger partial charge in [0.05, 0.1) is 11.6 Å². The summed E-state index contributed by atoms with van der Waals surface area (Å²) >= 11 is 0.